The van der Waals surface area contributed by atoms with Crippen molar-refractivity contribution in [2.45, 2.75) is 12.5 Å². The zero-order chi connectivity index (χ0) is 10.2. The second kappa shape index (κ2) is 2.87. The van der Waals surface area contributed by atoms with E-state index in [1.54, 1.807) is 6.92 Å². The molecule has 1 aromatic carbocycles. The van der Waals surface area contributed by atoms with Crippen LogP contribution in [0.25, 0.3) is 0 Å². The Kier molecular flexibility index (Phi) is 1.81. The number of carbonyl (C=O) groups excluding carboxylic acids is 1. The van der Waals surface area contributed by atoms with Crippen LogP contribution in [0.15, 0.2) is 42.7 Å². The smallest absolute Gasteiger partial charge is 0.415 e. The first-order valence-electron chi connectivity index (χ1n) is 4.28. The Balaban J connectivity index is 2.43. The quantitative estimate of drug-likeness (QED) is 0.638. The maximum Gasteiger partial charge on any atom is 0.515 e. The van der Waals surface area contributed by atoms with Crippen LogP contribution >= 0.6 is 0 Å². The van der Waals surface area contributed by atoms with Gasteiger partial charge in [-0.1, -0.05) is 36.9 Å². The van der Waals surface area contributed by atoms with Crippen molar-refractivity contribution in [3.05, 3.63) is 48.2 Å². The van der Waals surface area contributed by atoms with Gasteiger partial charge in [-0.25, -0.2) is 4.79 Å². The van der Waals surface area contributed by atoms with E-state index in [0.29, 0.717) is 5.76 Å². The van der Waals surface area contributed by atoms with E-state index in [0.717, 1.165) is 5.56 Å². The van der Waals surface area contributed by atoms with E-state index in [9.17, 15) is 4.79 Å². The summed E-state index contributed by atoms with van der Waals surface area (Å²) in [6.45, 7) is 5.43. The lowest BCUT2D eigenvalue weighted by Gasteiger charge is -2.20. The lowest BCUT2D eigenvalue weighted by molar-refractivity contribution is 0.0756. The van der Waals surface area contributed by atoms with Crippen molar-refractivity contribution in [1.82, 2.24) is 0 Å². The first kappa shape index (κ1) is 8.81. The molecule has 3 nitrogen and oxygen atoms in total. The molecule has 0 bridgehead atoms. The highest BCUT2D eigenvalue weighted by molar-refractivity contribution is 5.66. The predicted molar refractivity (Wildman–Crippen MR) is 50.5 cm³/mol. The lowest BCUT2D eigenvalue weighted by atomic mass is 9.95. The summed E-state index contributed by atoms with van der Waals surface area (Å²) in [6, 6.07) is 9.38. The highest BCUT2D eigenvalue weighted by Gasteiger charge is 2.43. The van der Waals surface area contributed by atoms with Crippen molar-refractivity contribution in [1.29, 1.82) is 0 Å². The third kappa shape index (κ3) is 1.18. The lowest BCUT2D eigenvalue weighted by Crippen LogP contribution is -2.22. The van der Waals surface area contributed by atoms with Gasteiger partial charge in [-0.15, -0.1) is 0 Å². The molecule has 0 amide bonds. The molecule has 1 aliphatic heterocycles. The fourth-order valence-electron chi connectivity index (χ4n) is 1.42. The van der Waals surface area contributed by atoms with Gasteiger partial charge in [0, 0.05) is 5.56 Å². The third-order valence-corrected chi connectivity index (χ3v) is 2.35. The maximum absolute atomic E-state index is 10.9. The molecule has 0 aromatic heterocycles. The second-order valence-corrected chi connectivity index (χ2v) is 3.28. The summed E-state index contributed by atoms with van der Waals surface area (Å²) >= 11 is 0. The van der Waals surface area contributed by atoms with E-state index in [-0.39, 0.29) is 0 Å². The maximum atomic E-state index is 10.9. The summed E-state index contributed by atoms with van der Waals surface area (Å²) in [6.07, 6.45) is -0.693. The van der Waals surface area contributed by atoms with Gasteiger partial charge < -0.3 is 9.47 Å². The summed E-state index contributed by atoms with van der Waals surface area (Å²) in [5, 5.41) is 0. The van der Waals surface area contributed by atoms with E-state index in [2.05, 4.69) is 6.58 Å². The zero-order valence-corrected chi connectivity index (χ0v) is 7.82. The third-order valence-electron chi connectivity index (χ3n) is 2.35. The van der Waals surface area contributed by atoms with Gasteiger partial charge in [0.15, 0.2) is 11.4 Å². The van der Waals surface area contributed by atoms with Gasteiger partial charge in [0.05, 0.1) is 0 Å². The molecule has 1 unspecified atom stereocenters. The van der Waals surface area contributed by atoms with Gasteiger partial charge in [0.1, 0.15) is 0 Å². The standard InChI is InChI=1S/C11H10O3/c1-8-11(2,14-10(12)13-8)9-6-4-3-5-7-9/h3-7H,1H2,2H3. The first-order valence-corrected chi connectivity index (χ1v) is 4.28. The molecular formula is C11H10O3. The Morgan fingerprint density at radius 3 is 2.43 bits per heavy atom. The van der Waals surface area contributed by atoms with E-state index < -0.39 is 11.8 Å². The van der Waals surface area contributed by atoms with Crippen LogP contribution in [-0.2, 0) is 15.1 Å². The Hall–Kier alpha value is -1.77. The second-order valence-electron chi connectivity index (χ2n) is 3.28. The van der Waals surface area contributed by atoms with Crippen LogP contribution in [0, 0.1) is 0 Å². The van der Waals surface area contributed by atoms with Crippen LogP contribution < -0.4 is 0 Å². The SMILES string of the molecule is C=C1OC(=O)OC1(C)c1ccccc1. The Morgan fingerprint density at radius 2 is 1.93 bits per heavy atom. The highest BCUT2D eigenvalue weighted by atomic mass is 16.8. The number of ether oxygens (including phenoxy) is 2. The van der Waals surface area contributed by atoms with E-state index >= 15 is 0 Å². The summed E-state index contributed by atoms with van der Waals surface area (Å²) in [5.74, 6) is 0.328. The summed E-state index contributed by atoms with van der Waals surface area (Å²) in [4.78, 5) is 10.9. The molecule has 1 aromatic rings. The topological polar surface area (TPSA) is 35.5 Å². The van der Waals surface area contributed by atoms with Crippen molar-refractivity contribution in [3.8, 4) is 0 Å². The van der Waals surface area contributed by atoms with Gasteiger partial charge in [-0.3, -0.25) is 0 Å². The van der Waals surface area contributed by atoms with Crippen LogP contribution in [0.2, 0.25) is 0 Å². The normalized spacial score (nSPS) is 25.8. The molecule has 14 heavy (non-hydrogen) atoms. The zero-order valence-electron chi connectivity index (χ0n) is 7.82. The van der Waals surface area contributed by atoms with Crippen molar-refractivity contribution >= 4 is 6.16 Å². The molecule has 1 aliphatic rings. The van der Waals surface area contributed by atoms with Crippen molar-refractivity contribution in [2.24, 2.45) is 0 Å². The molecular weight excluding hydrogens is 180 g/mol. The fourth-order valence-corrected chi connectivity index (χ4v) is 1.42. The van der Waals surface area contributed by atoms with Gasteiger partial charge in [0.2, 0.25) is 0 Å². The van der Waals surface area contributed by atoms with Crippen LogP contribution in [0.3, 0.4) is 0 Å². The van der Waals surface area contributed by atoms with Gasteiger partial charge in [0.25, 0.3) is 0 Å². The Morgan fingerprint density at radius 1 is 1.29 bits per heavy atom. The first-order chi connectivity index (χ1) is 6.63. The molecule has 0 aliphatic carbocycles. The summed E-state index contributed by atoms with van der Waals surface area (Å²) in [5.41, 5.74) is 0.00840. The highest BCUT2D eigenvalue weighted by Crippen LogP contribution is 2.38. The minimum Gasteiger partial charge on any atom is -0.415 e. The molecule has 3 heteroatoms. The number of rotatable bonds is 1. The molecule has 72 valence electrons. The van der Waals surface area contributed by atoms with Crippen LogP contribution in [0.5, 0.6) is 0 Å². The Labute approximate surface area is 81.9 Å². The molecule has 1 heterocycles. The average molecular weight is 190 g/mol. The van der Waals surface area contributed by atoms with Crippen molar-refractivity contribution < 1.29 is 14.3 Å². The van der Waals surface area contributed by atoms with E-state index in [1.165, 1.54) is 0 Å². The van der Waals surface area contributed by atoms with Crippen LogP contribution in [-0.4, -0.2) is 6.16 Å². The number of hydrogen-bond acceptors (Lipinski definition) is 3. The average Bonchev–Trinajstić information content (AvgIpc) is 2.43. The van der Waals surface area contributed by atoms with Crippen molar-refractivity contribution in [2.75, 3.05) is 0 Å². The monoisotopic (exact) mass is 190 g/mol. The fraction of sp³-hybridized carbons (Fsp3) is 0.182. The molecule has 0 saturated carbocycles. The van der Waals surface area contributed by atoms with Gasteiger partial charge in [-0.2, -0.15) is 0 Å². The minimum atomic E-state index is -0.849. The molecule has 1 saturated heterocycles. The summed E-state index contributed by atoms with van der Waals surface area (Å²) in [7, 11) is 0. The number of hydrogen-bond donors (Lipinski definition) is 0. The van der Waals surface area contributed by atoms with E-state index in [4.69, 9.17) is 9.47 Å². The number of carbonyl (C=O) groups is 1. The minimum absolute atomic E-state index is 0.328. The Bertz CT molecular complexity index is 383. The number of cyclic esters (lactones) is 2. The predicted octanol–water partition coefficient (Wildman–Crippen LogP) is 2.58. The largest absolute Gasteiger partial charge is 0.515 e. The molecule has 0 N–H and O–H groups in total. The molecule has 1 atom stereocenters. The molecule has 0 radical (unpaired) electrons. The van der Waals surface area contributed by atoms with E-state index in [1.807, 2.05) is 30.3 Å². The van der Waals surface area contributed by atoms with Gasteiger partial charge >= 0.3 is 6.16 Å². The molecule has 1 fully saturated rings. The van der Waals surface area contributed by atoms with Crippen LogP contribution in [0.4, 0.5) is 4.79 Å². The molecule has 2 rings (SSSR count). The van der Waals surface area contributed by atoms with Crippen molar-refractivity contribution in [3.63, 3.8) is 0 Å². The van der Waals surface area contributed by atoms with Crippen LogP contribution in [0.1, 0.15) is 12.5 Å². The summed E-state index contributed by atoms with van der Waals surface area (Å²) < 4.78 is 9.86. The van der Waals surface area contributed by atoms with Gasteiger partial charge in [-0.05, 0) is 6.92 Å². The molecule has 0 spiro atoms. The number of benzene rings is 1.